The first kappa shape index (κ1) is 17.7. The summed E-state index contributed by atoms with van der Waals surface area (Å²) in [6, 6.07) is 15.9. The van der Waals surface area contributed by atoms with Crippen LogP contribution >= 0.6 is 11.8 Å². The molecule has 4 aromatic rings. The van der Waals surface area contributed by atoms with E-state index >= 15 is 0 Å². The van der Waals surface area contributed by atoms with Gasteiger partial charge in [0.05, 0.1) is 23.5 Å². The van der Waals surface area contributed by atoms with E-state index in [1.54, 1.807) is 11.8 Å². The number of nitrogens with one attached hydrogen (secondary N) is 3. The third-order valence-corrected chi connectivity index (χ3v) is 5.35. The minimum Gasteiger partial charge on any atom is -0.361 e. The van der Waals surface area contributed by atoms with Crippen LogP contribution in [0.4, 0.5) is 0 Å². The summed E-state index contributed by atoms with van der Waals surface area (Å²) in [4.78, 5) is 24.0. The van der Waals surface area contributed by atoms with Crippen LogP contribution in [-0.4, -0.2) is 32.9 Å². The lowest BCUT2D eigenvalue weighted by Gasteiger charge is -2.16. The zero-order chi connectivity index (χ0) is 18.6. The average molecular weight is 379 g/mol. The molecule has 138 valence electrons. The van der Waals surface area contributed by atoms with Crippen LogP contribution in [0, 0.1) is 0 Å². The highest BCUT2D eigenvalue weighted by Gasteiger charge is 2.19. The molecule has 27 heavy (non-hydrogen) atoms. The number of carbonyl (C=O) groups excluding carboxylic acids is 1. The average Bonchev–Trinajstić information content (AvgIpc) is 3.29. The van der Waals surface area contributed by atoms with Crippen molar-refractivity contribution in [2.75, 3.05) is 12.0 Å². The van der Waals surface area contributed by atoms with Crippen LogP contribution < -0.4 is 5.32 Å². The molecule has 2 aromatic carbocycles. The van der Waals surface area contributed by atoms with Crippen LogP contribution in [0.1, 0.15) is 23.9 Å². The molecule has 0 aliphatic carbocycles. The Bertz CT molecular complexity index is 1040. The van der Waals surface area contributed by atoms with Gasteiger partial charge in [-0.25, -0.2) is 4.98 Å². The number of aromatic amines is 2. The van der Waals surface area contributed by atoms with Crippen molar-refractivity contribution in [1.82, 2.24) is 20.3 Å². The molecule has 0 saturated carbocycles. The van der Waals surface area contributed by atoms with Gasteiger partial charge in [-0.2, -0.15) is 11.8 Å². The molecule has 0 fully saturated rings. The third kappa shape index (κ3) is 3.85. The Balaban J connectivity index is 1.53. The van der Waals surface area contributed by atoms with Crippen molar-refractivity contribution in [3.63, 3.8) is 0 Å². The van der Waals surface area contributed by atoms with Gasteiger partial charge in [-0.3, -0.25) is 4.79 Å². The highest BCUT2D eigenvalue weighted by Crippen LogP contribution is 2.22. The number of aromatic nitrogens is 3. The van der Waals surface area contributed by atoms with Crippen molar-refractivity contribution >= 4 is 39.6 Å². The maximum Gasteiger partial charge on any atom is 0.225 e. The first-order valence-corrected chi connectivity index (χ1v) is 10.4. The largest absolute Gasteiger partial charge is 0.361 e. The molecular weight excluding hydrogens is 356 g/mol. The van der Waals surface area contributed by atoms with E-state index in [2.05, 4.69) is 26.5 Å². The van der Waals surface area contributed by atoms with Gasteiger partial charge in [0.15, 0.2) is 0 Å². The lowest BCUT2D eigenvalue weighted by molar-refractivity contribution is -0.121. The second-order valence-electron chi connectivity index (χ2n) is 6.58. The van der Waals surface area contributed by atoms with Gasteiger partial charge in [0.2, 0.25) is 5.91 Å². The van der Waals surface area contributed by atoms with E-state index in [0.717, 1.165) is 45.5 Å². The van der Waals surface area contributed by atoms with Crippen molar-refractivity contribution in [1.29, 1.82) is 0 Å². The lowest BCUT2D eigenvalue weighted by atomic mass is 10.1. The summed E-state index contributed by atoms with van der Waals surface area (Å²) in [6.45, 7) is 0. The standard InChI is InChI=1S/C21H22N4OS/c1-27-11-10-19(21-24-17-8-4-5-9-18(17)25-21)23-20(26)12-14-13-22-16-7-3-2-6-15(14)16/h2-9,13,19,22H,10-12H2,1H3,(H,23,26)(H,24,25)/t19-/m1/s1. The molecule has 5 nitrogen and oxygen atoms in total. The van der Waals surface area contributed by atoms with Crippen molar-refractivity contribution in [2.24, 2.45) is 0 Å². The van der Waals surface area contributed by atoms with Gasteiger partial charge in [-0.1, -0.05) is 30.3 Å². The first-order chi connectivity index (χ1) is 13.2. The van der Waals surface area contributed by atoms with Crippen LogP contribution in [0.5, 0.6) is 0 Å². The minimum atomic E-state index is -0.123. The van der Waals surface area contributed by atoms with Gasteiger partial charge in [-0.15, -0.1) is 0 Å². The molecule has 0 unspecified atom stereocenters. The fourth-order valence-corrected chi connectivity index (χ4v) is 3.82. The molecular formula is C21H22N4OS. The number of benzene rings is 2. The SMILES string of the molecule is CSCC[C@@H](NC(=O)Cc1c[nH]c2ccccc12)c1nc2ccccc2[nH]1. The van der Waals surface area contributed by atoms with E-state index in [-0.39, 0.29) is 11.9 Å². The number of nitrogens with zero attached hydrogens (tertiary/aromatic N) is 1. The predicted octanol–water partition coefficient (Wildman–Crippen LogP) is 4.20. The lowest BCUT2D eigenvalue weighted by Crippen LogP contribution is -2.31. The molecule has 1 atom stereocenters. The monoisotopic (exact) mass is 378 g/mol. The first-order valence-electron chi connectivity index (χ1n) is 9.02. The quantitative estimate of drug-likeness (QED) is 0.451. The summed E-state index contributed by atoms with van der Waals surface area (Å²) in [5.41, 5.74) is 3.98. The van der Waals surface area contributed by atoms with E-state index < -0.39 is 0 Å². The van der Waals surface area contributed by atoms with Gasteiger partial charge < -0.3 is 15.3 Å². The number of carbonyl (C=O) groups is 1. The highest BCUT2D eigenvalue weighted by molar-refractivity contribution is 7.98. The van der Waals surface area contributed by atoms with E-state index in [1.807, 2.05) is 54.7 Å². The summed E-state index contributed by atoms with van der Waals surface area (Å²) in [5, 5.41) is 4.27. The van der Waals surface area contributed by atoms with E-state index in [0.29, 0.717) is 6.42 Å². The molecule has 2 aromatic heterocycles. The maximum atomic E-state index is 12.7. The Kier molecular flexibility index (Phi) is 5.16. The number of hydrogen-bond acceptors (Lipinski definition) is 3. The van der Waals surface area contributed by atoms with E-state index in [9.17, 15) is 4.79 Å². The molecule has 0 bridgehead atoms. The number of para-hydroxylation sites is 3. The second kappa shape index (κ2) is 7.88. The molecule has 1 amide bonds. The molecule has 0 aliphatic rings. The zero-order valence-corrected chi connectivity index (χ0v) is 16.0. The molecule has 0 radical (unpaired) electrons. The summed E-state index contributed by atoms with van der Waals surface area (Å²) < 4.78 is 0. The predicted molar refractivity (Wildman–Crippen MR) is 112 cm³/mol. The number of imidazole rings is 1. The fraction of sp³-hybridized carbons (Fsp3) is 0.238. The molecule has 4 rings (SSSR count). The van der Waals surface area contributed by atoms with Gasteiger partial charge in [0.1, 0.15) is 5.82 Å². The van der Waals surface area contributed by atoms with Crippen LogP contribution in [-0.2, 0) is 11.2 Å². The van der Waals surface area contributed by atoms with Crippen LogP contribution in [0.2, 0.25) is 0 Å². The van der Waals surface area contributed by atoms with E-state index in [4.69, 9.17) is 0 Å². The highest BCUT2D eigenvalue weighted by atomic mass is 32.2. The summed E-state index contributed by atoms with van der Waals surface area (Å²) in [6.07, 6.45) is 5.17. The van der Waals surface area contributed by atoms with Crippen LogP contribution in [0.3, 0.4) is 0 Å². The molecule has 0 saturated heterocycles. The van der Waals surface area contributed by atoms with Crippen LogP contribution in [0.25, 0.3) is 21.9 Å². The van der Waals surface area contributed by atoms with Gasteiger partial charge >= 0.3 is 0 Å². The van der Waals surface area contributed by atoms with Crippen molar-refractivity contribution in [3.05, 3.63) is 66.1 Å². The minimum absolute atomic E-state index is 0.00584. The molecule has 0 aliphatic heterocycles. The summed E-state index contributed by atoms with van der Waals surface area (Å²) in [5.74, 6) is 1.78. The number of amides is 1. The topological polar surface area (TPSA) is 73.6 Å². The van der Waals surface area contributed by atoms with Gasteiger partial charge in [-0.05, 0) is 42.2 Å². The number of thioether (sulfide) groups is 1. The summed E-state index contributed by atoms with van der Waals surface area (Å²) >= 11 is 1.77. The van der Waals surface area contributed by atoms with Gasteiger partial charge in [0, 0.05) is 17.1 Å². The van der Waals surface area contributed by atoms with Crippen LogP contribution in [0.15, 0.2) is 54.7 Å². The van der Waals surface area contributed by atoms with Crippen molar-refractivity contribution < 1.29 is 4.79 Å². The molecule has 0 spiro atoms. The maximum absolute atomic E-state index is 12.7. The molecule has 6 heteroatoms. The molecule has 2 heterocycles. The fourth-order valence-electron chi connectivity index (χ4n) is 3.35. The number of H-pyrrole nitrogens is 2. The smallest absolute Gasteiger partial charge is 0.225 e. The van der Waals surface area contributed by atoms with Gasteiger partial charge in [0.25, 0.3) is 0 Å². The normalized spacial score (nSPS) is 12.5. The Labute approximate surface area is 162 Å². The van der Waals surface area contributed by atoms with Crippen molar-refractivity contribution in [2.45, 2.75) is 18.9 Å². The number of fused-ring (bicyclic) bond motifs is 2. The summed E-state index contributed by atoms with van der Waals surface area (Å²) in [7, 11) is 0. The second-order valence-corrected chi connectivity index (χ2v) is 7.56. The Morgan fingerprint density at radius 2 is 1.93 bits per heavy atom. The Morgan fingerprint density at radius 3 is 2.74 bits per heavy atom. The number of hydrogen-bond donors (Lipinski definition) is 3. The van der Waals surface area contributed by atoms with E-state index in [1.165, 1.54) is 0 Å². The Morgan fingerprint density at radius 1 is 1.15 bits per heavy atom. The Hall–Kier alpha value is -2.73. The van der Waals surface area contributed by atoms with Crippen molar-refractivity contribution in [3.8, 4) is 0 Å². The zero-order valence-electron chi connectivity index (χ0n) is 15.2. The molecule has 3 N–H and O–H groups in total. The third-order valence-electron chi connectivity index (χ3n) is 4.71. The number of rotatable bonds is 7.